The second-order valence-electron chi connectivity index (χ2n) is 15.3. The van der Waals surface area contributed by atoms with Crippen LogP contribution in [0.3, 0.4) is 0 Å². The van der Waals surface area contributed by atoms with Crippen molar-refractivity contribution in [3.05, 3.63) is 35.0 Å². The van der Waals surface area contributed by atoms with E-state index in [-0.39, 0.29) is 46.4 Å². The fourth-order valence-corrected chi connectivity index (χ4v) is 10.0. The summed E-state index contributed by atoms with van der Waals surface area (Å²) >= 11 is 0. The maximum Gasteiger partial charge on any atom is 0.471 e. The number of carbonyl (C=O) groups excluding carboxylic acids is 3. The number of carbonyl (C=O) groups is 3. The van der Waals surface area contributed by atoms with Crippen LogP contribution in [0.4, 0.5) is 13.2 Å². The van der Waals surface area contributed by atoms with Gasteiger partial charge in [-0.05, 0) is 78.4 Å². The van der Waals surface area contributed by atoms with E-state index in [9.17, 15) is 27.6 Å². The second-order valence-corrected chi connectivity index (χ2v) is 15.3. The van der Waals surface area contributed by atoms with Crippen molar-refractivity contribution in [2.24, 2.45) is 38.9 Å². The maximum absolute atomic E-state index is 14.4. The van der Waals surface area contributed by atoms with Gasteiger partial charge in [0, 0.05) is 23.3 Å². The molecule has 6 atom stereocenters. The molecule has 0 unspecified atom stereocenters. The molecular formula is C32H41F3N2O3. The first kappa shape index (κ1) is 29.3. The van der Waals surface area contributed by atoms with Crippen molar-refractivity contribution in [3.8, 4) is 0 Å². The first-order chi connectivity index (χ1) is 18.2. The first-order valence-corrected chi connectivity index (χ1v) is 14.5. The molecule has 4 fully saturated rings. The highest BCUT2D eigenvalue weighted by molar-refractivity contribution is 6.03. The van der Waals surface area contributed by atoms with E-state index in [4.69, 9.17) is 6.57 Å². The smallest absolute Gasteiger partial charge is 0.342 e. The van der Waals surface area contributed by atoms with Crippen LogP contribution in [0.2, 0.25) is 0 Å². The second kappa shape index (κ2) is 8.44. The van der Waals surface area contributed by atoms with E-state index in [0.29, 0.717) is 43.9 Å². The van der Waals surface area contributed by atoms with Crippen molar-refractivity contribution >= 4 is 17.5 Å². The Morgan fingerprint density at radius 2 is 1.60 bits per heavy atom. The van der Waals surface area contributed by atoms with Gasteiger partial charge in [0.1, 0.15) is 5.78 Å². The fraction of sp³-hybridized carbons (Fsp3) is 0.750. The van der Waals surface area contributed by atoms with Gasteiger partial charge in [-0.3, -0.25) is 9.59 Å². The molecule has 0 aliphatic heterocycles. The molecule has 218 valence electrons. The number of allylic oxidation sites excluding steroid dienone is 2. The Bertz CT molecular complexity index is 1240. The van der Waals surface area contributed by atoms with Gasteiger partial charge >= 0.3 is 12.1 Å². The van der Waals surface area contributed by atoms with Gasteiger partial charge in [0.15, 0.2) is 5.78 Å². The quantitative estimate of drug-likeness (QED) is 0.353. The molecule has 0 aromatic carbocycles. The van der Waals surface area contributed by atoms with Gasteiger partial charge in [0.25, 0.3) is 0 Å². The molecular weight excluding hydrogens is 517 g/mol. The molecule has 2 radical (unpaired) electrons. The molecule has 0 aromatic rings. The number of ketones is 2. The maximum atomic E-state index is 14.4. The van der Waals surface area contributed by atoms with Crippen molar-refractivity contribution in [2.45, 2.75) is 112 Å². The Hall–Kier alpha value is -2.17. The summed E-state index contributed by atoms with van der Waals surface area (Å²) in [4.78, 5) is 43.5. The van der Waals surface area contributed by atoms with E-state index in [2.05, 4.69) is 44.8 Å². The van der Waals surface area contributed by atoms with Gasteiger partial charge in [-0.1, -0.05) is 54.5 Å². The average molecular weight is 559 g/mol. The third-order valence-corrected chi connectivity index (χ3v) is 12.4. The van der Waals surface area contributed by atoms with Gasteiger partial charge in [-0.15, -0.1) is 0 Å². The highest BCUT2D eigenvalue weighted by Crippen LogP contribution is 2.75. The van der Waals surface area contributed by atoms with Crippen LogP contribution in [-0.2, 0) is 14.4 Å². The normalized spacial score (nSPS) is 42.9. The predicted octanol–water partition coefficient (Wildman–Crippen LogP) is 6.99. The number of amides is 1. The lowest BCUT2D eigenvalue weighted by molar-refractivity contribution is -0.181. The summed E-state index contributed by atoms with van der Waals surface area (Å²) in [6.07, 6.45) is 0.928. The third kappa shape index (κ3) is 3.74. The van der Waals surface area contributed by atoms with E-state index in [1.54, 1.807) is 0 Å². The molecule has 8 heteroatoms. The number of hydrogen-bond acceptors (Lipinski definition) is 3. The minimum atomic E-state index is -5.00. The van der Waals surface area contributed by atoms with Crippen molar-refractivity contribution in [3.63, 3.8) is 0 Å². The lowest BCUT2D eigenvalue weighted by atomic mass is 9.32. The predicted molar refractivity (Wildman–Crippen MR) is 144 cm³/mol. The van der Waals surface area contributed by atoms with E-state index < -0.39 is 33.9 Å². The monoisotopic (exact) mass is 558 g/mol. The van der Waals surface area contributed by atoms with Crippen LogP contribution in [0.1, 0.15) is 99.8 Å². The first-order valence-electron chi connectivity index (χ1n) is 14.5. The Morgan fingerprint density at radius 1 is 0.975 bits per heavy atom. The Labute approximate surface area is 235 Å². The molecule has 5 nitrogen and oxygen atoms in total. The molecule has 0 heterocycles. The summed E-state index contributed by atoms with van der Waals surface area (Å²) in [6.45, 7) is 22.1. The molecule has 4 saturated carbocycles. The molecule has 5 aliphatic carbocycles. The highest BCUT2D eigenvalue weighted by Gasteiger charge is 2.73. The Kier molecular flexibility index (Phi) is 6.19. The number of rotatable bonds is 1. The summed E-state index contributed by atoms with van der Waals surface area (Å²) in [6, 6.07) is 0. The van der Waals surface area contributed by atoms with Gasteiger partial charge in [-0.2, -0.15) is 13.2 Å². The van der Waals surface area contributed by atoms with Crippen molar-refractivity contribution in [2.75, 3.05) is 0 Å². The van der Waals surface area contributed by atoms with Crippen molar-refractivity contribution < 1.29 is 27.6 Å². The number of fused-ring (bicyclic) bond motifs is 7. The third-order valence-electron chi connectivity index (χ3n) is 12.4. The Balaban J connectivity index is 1.61. The molecule has 5 aliphatic rings. The number of nitrogens with one attached hydrogen (secondary N) is 1. The summed E-state index contributed by atoms with van der Waals surface area (Å²) in [5.74, 6) is -0.962. The topological polar surface area (TPSA) is 67.6 Å². The van der Waals surface area contributed by atoms with Crippen LogP contribution in [0.5, 0.6) is 0 Å². The van der Waals surface area contributed by atoms with E-state index in [0.717, 1.165) is 12.8 Å². The average Bonchev–Trinajstić information content (AvgIpc) is 2.83. The lowest BCUT2D eigenvalue weighted by Gasteiger charge is -2.71. The van der Waals surface area contributed by atoms with Gasteiger partial charge in [0.05, 0.1) is 12.5 Å². The molecule has 1 amide bonds. The van der Waals surface area contributed by atoms with Gasteiger partial charge in [-0.25, -0.2) is 4.85 Å². The van der Waals surface area contributed by atoms with Crippen LogP contribution < -0.4 is 5.32 Å². The summed E-state index contributed by atoms with van der Waals surface area (Å²) < 4.78 is 40.5. The number of nitrogens with zero attached hydrogens (tertiary/aromatic N) is 1. The van der Waals surface area contributed by atoms with Crippen LogP contribution in [0.15, 0.2) is 11.8 Å². The van der Waals surface area contributed by atoms with Gasteiger partial charge in [0.2, 0.25) is 5.70 Å². The number of Topliss-reactive ketones (excluding diaryl/α,β-unsaturated/α-hetero) is 2. The molecule has 1 N–H and O–H groups in total. The van der Waals surface area contributed by atoms with E-state index in [1.807, 2.05) is 19.9 Å². The zero-order valence-electron chi connectivity index (χ0n) is 24.7. The van der Waals surface area contributed by atoms with Crippen molar-refractivity contribution in [1.29, 1.82) is 0 Å². The van der Waals surface area contributed by atoms with Crippen LogP contribution in [-0.4, -0.2) is 29.2 Å². The molecule has 0 bridgehead atoms. The Morgan fingerprint density at radius 3 is 2.20 bits per heavy atom. The largest absolute Gasteiger partial charge is 0.471 e. The van der Waals surface area contributed by atoms with Crippen LogP contribution in [0, 0.1) is 57.3 Å². The number of hydrogen-bond donors (Lipinski definition) is 1. The summed E-state index contributed by atoms with van der Waals surface area (Å²) in [5, 5.41) is 2.39. The molecule has 0 saturated heterocycles. The van der Waals surface area contributed by atoms with E-state index in [1.165, 1.54) is 0 Å². The standard InChI is InChI=1S/C32H41F3N2O3/c1-26(2)11-13-31(37-25(40)32(33,34)35)14-12-30(7)23(18(31)16-26)20(38)15-22-28(5)17-19(36-8)24(39)27(3,4)21(28)9-10-29(22,30)6/h17,21-22H,9-16H2,1-7H3,(H,37,40)/t21-,22+,28-,29+,30+,31-/m0/s1. The molecule has 40 heavy (non-hydrogen) atoms. The summed E-state index contributed by atoms with van der Waals surface area (Å²) in [5.41, 5.74) is -3.51. The fourth-order valence-electron chi connectivity index (χ4n) is 10.0. The zero-order chi connectivity index (χ0) is 29.9. The number of halogens is 3. The molecule has 5 rings (SSSR count). The number of alkyl halides is 3. The molecule has 0 spiro atoms. The van der Waals surface area contributed by atoms with Crippen molar-refractivity contribution in [1.82, 2.24) is 5.32 Å². The highest BCUT2D eigenvalue weighted by atomic mass is 19.4. The van der Waals surface area contributed by atoms with Crippen LogP contribution >= 0.6 is 0 Å². The van der Waals surface area contributed by atoms with Gasteiger partial charge < -0.3 is 10.1 Å². The SMILES string of the molecule is [C-]#[N+]C1=C[C@]2(C)[C@H]3CC(=O)[C]4[C]5CC(C)(C)CC[C@]5(NC(=O)C(F)(F)F)CC[C@@]4(C)[C@]3(C)CC[C@H]2C(C)(C)C1=O. The lowest BCUT2D eigenvalue weighted by Crippen LogP contribution is -2.71. The molecule has 0 aromatic heterocycles. The minimum absolute atomic E-state index is 0.0240. The van der Waals surface area contributed by atoms with Crippen LogP contribution in [0.25, 0.3) is 4.85 Å². The van der Waals surface area contributed by atoms with E-state index >= 15 is 0 Å². The zero-order valence-corrected chi connectivity index (χ0v) is 24.7. The minimum Gasteiger partial charge on any atom is -0.342 e. The summed E-state index contributed by atoms with van der Waals surface area (Å²) in [7, 11) is 0.